The fraction of sp³-hybridized carbons (Fsp3) is 0.174. The Kier molecular flexibility index (Phi) is 7.26. The van der Waals surface area contributed by atoms with Crippen LogP contribution in [0.1, 0.15) is 22.7 Å². The van der Waals surface area contributed by atoms with Gasteiger partial charge in [-0.1, -0.05) is 83.9 Å². The average molecular weight is 477 g/mol. The van der Waals surface area contributed by atoms with Gasteiger partial charge in [0.25, 0.3) is 0 Å². The fourth-order valence-electron chi connectivity index (χ4n) is 3.30. The van der Waals surface area contributed by atoms with Crippen LogP contribution < -0.4 is 9.62 Å². The summed E-state index contributed by atoms with van der Waals surface area (Å²) in [5.41, 5.74) is 2.97. The molecule has 0 aliphatic carbocycles. The summed E-state index contributed by atoms with van der Waals surface area (Å²) in [5, 5.41) is 3.25. The first-order valence-corrected chi connectivity index (χ1v) is 12.1. The van der Waals surface area contributed by atoms with Crippen molar-refractivity contribution < 1.29 is 13.2 Å². The largest absolute Gasteiger partial charge is 0.344 e. The van der Waals surface area contributed by atoms with E-state index in [1.807, 2.05) is 61.5 Å². The number of hydrogen-bond donors (Lipinski definition) is 1. The predicted molar refractivity (Wildman–Crippen MR) is 126 cm³/mol. The molecule has 5 nitrogen and oxygen atoms in total. The zero-order valence-electron chi connectivity index (χ0n) is 17.0. The molecule has 3 rings (SSSR count). The van der Waals surface area contributed by atoms with Crippen LogP contribution in [0.25, 0.3) is 0 Å². The maximum absolute atomic E-state index is 13.0. The third-order valence-electron chi connectivity index (χ3n) is 4.83. The van der Waals surface area contributed by atoms with Crippen LogP contribution in [0.4, 0.5) is 5.69 Å². The van der Waals surface area contributed by atoms with Gasteiger partial charge >= 0.3 is 0 Å². The van der Waals surface area contributed by atoms with Gasteiger partial charge in [-0.05, 0) is 35.7 Å². The topological polar surface area (TPSA) is 66.5 Å². The standard InChI is InChI=1S/C23H22Cl2N2O3S/c1-16-9-6-7-12-18(16)23(17-10-4-3-5-11-17)26-21(28)15-27(31(2,29)30)20-14-8-13-19(24)22(20)25/h3-14,23H,15H2,1-2H3,(H,26,28)/t23-/m1/s1. The summed E-state index contributed by atoms with van der Waals surface area (Å²) in [7, 11) is -3.80. The molecule has 8 heteroatoms. The lowest BCUT2D eigenvalue weighted by Crippen LogP contribution is -2.42. The highest BCUT2D eigenvalue weighted by atomic mass is 35.5. The Bertz CT molecular complexity index is 1180. The minimum Gasteiger partial charge on any atom is -0.344 e. The maximum atomic E-state index is 13.0. The molecule has 1 N–H and O–H groups in total. The average Bonchev–Trinajstić information content (AvgIpc) is 2.73. The van der Waals surface area contributed by atoms with Crippen LogP contribution in [0.2, 0.25) is 10.0 Å². The van der Waals surface area contributed by atoms with Crippen LogP contribution in [0, 0.1) is 6.92 Å². The van der Waals surface area contributed by atoms with E-state index >= 15 is 0 Å². The van der Waals surface area contributed by atoms with Crippen LogP contribution in [0.5, 0.6) is 0 Å². The van der Waals surface area contributed by atoms with Crippen molar-refractivity contribution in [3.63, 3.8) is 0 Å². The van der Waals surface area contributed by atoms with Crippen LogP contribution in [-0.4, -0.2) is 27.1 Å². The van der Waals surface area contributed by atoms with Gasteiger partial charge in [-0.25, -0.2) is 8.42 Å². The SMILES string of the molecule is Cc1ccccc1[C@H](NC(=O)CN(c1cccc(Cl)c1Cl)S(C)(=O)=O)c1ccccc1. The first-order valence-electron chi connectivity index (χ1n) is 9.50. The van der Waals surface area contributed by atoms with E-state index < -0.39 is 28.5 Å². The molecular formula is C23H22Cl2N2O3S. The lowest BCUT2D eigenvalue weighted by atomic mass is 9.95. The molecule has 0 radical (unpaired) electrons. The van der Waals surface area contributed by atoms with Gasteiger partial charge in [-0.15, -0.1) is 0 Å². The van der Waals surface area contributed by atoms with Crippen molar-refractivity contribution in [2.75, 3.05) is 17.1 Å². The fourth-order valence-corrected chi connectivity index (χ4v) is 4.61. The highest BCUT2D eigenvalue weighted by Gasteiger charge is 2.26. The Morgan fingerprint density at radius 3 is 2.26 bits per heavy atom. The first kappa shape index (κ1) is 23.1. The minimum atomic E-state index is -3.80. The van der Waals surface area contributed by atoms with E-state index in [4.69, 9.17) is 23.2 Å². The Morgan fingerprint density at radius 1 is 0.968 bits per heavy atom. The van der Waals surface area contributed by atoms with E-state index in [0.717, 1.165) is 27.3 Å². The molecule has 3 aromatic carbocycles. The van der Waals surface area contributed by atoms with Gasteiger partial charge < -0.3 is 5.32 Å². The van der Waals surface area contributed by atoms with E-state index in [-0.39, 0.29) is 15.7 Å². The van der Waals surface area contributed by atoms with Crippen molar-refractivity contribution in [1.82, 2.24) is 5.32 Å². The summed E-state index contributed by atoms with van der Waals surface area (Å²) in [6.07, 6.45) is 1.02. The van der Waals surface area contributed by atoms with Crippen LogP contribution in [0.3, 0.4) is 0 Å². The van der Waals surface area contributed by atoms with Crippen LogP contribution in [0.15, 0.2) is 72.8 Å². The number of halogens is 2. The minimum absolute atomic E-state index is 0.0703. The highest BCUT2D eigenvalue weighted by molar-refractivity contribution is 7.92. The second-order valence-electron chi connectivity index (χ2n) is 7.11. The molecular weight excluding hydrogens is 455 g/mol. The summed E-state index contributed by atoms with van der Waals surface area (Å²) in [4.78, 5) is 13.0. The molecule has 0 unspecified atom stereocenters. The van der Waals surface area contributed by atoms with Crippen molar-refractivity contribution >= 4 is 44.8 Å². The zero-order valence-corrected chi connectivity index (χ0v) is 19.4. The predicted octanol–water partition coefficient (Wildman–Crippen LogP) is 4.97. The van der Waals surface area contributed by atoms with E-state index in [1.165, 1.54) is 6.07 Å². The van der Waals surface area contributed by atoms with E-state index in [2.05, 4.69) is 5.32 Å². The van der Waals surface area contributed by atoms with Crippen LogP contribution in [-0.2, 0) is 14.8 Å². The monoisotopic (exact) mass is 476 g/mol. The van der Waals surface area contributed by atoms with Gasteiger partial charge in [-0.3, -0.25) is 9.10 Å². The van der Waals surface area contributed by atoms with Crippen molar-refractivity contribution in [1.29, 1.82) is 0 Å². The van der Waals surface area contributed by atoms with Crippen molar-refractivity contribution in [2.45, 2.75) is 13.0 Å². The number of rotatable bonds is 7. The third kappa shape index (κ3) is 5.58. The Balaban J connectivity index is 1.94. The Labute approximate surface area is 192 Å². The van der Waals surface area contributed by atoms with Crippen molar-refractivity contribution in [2.24, 2.45) is 0 Å². The summed E-state index contributed by atoms with van der Waals surface area (Å²) in [5.74, 6) is -0.474. The molecule has 0 heterocycles. The Morgan fingerprint density at radius 2 is 1.61 bits per heavy atom. The Hall–Kier alpha value is -2.54. The molecule has 0 spiro atoms. The normalized spacial score (nSPS) is 12.3. The smallest absolute Gasteiger partial charge is 0.241 e. The highest BCUT2D eigenvalue weighted by Crippen LogP contribution is 2.33. The quantitative estimate of drug-likeness (QED) is 0.523. The second kappa shape index (κ2) is 9.73. The summed E-state index contributed by atoms with van der Waals surface area (Å²) >= 11 is 12.3. The molecule has 1 amide bonds. The number of sulfonamides is 1. The molecule has 0 aromatic heterocycles. The van der Waals surface area contributed by atoms with E-state index in [0.29, 0.717) is 0 Å². The number of nitrogens with one attached hydrogen (secondary N) is 1. The number of carbonyl (C=O) groups is 1. The van der Waals surface area contributed by atoms with Crippen molar-refractivity contribution in [3.05, 3.63) is 99.5 Å². The van der Waals surface area contributed by atoms with Gasteiger partial charge in [0.2, 0.25) is 15.9 Å². The third-order valence-corrected chi connectivity index (χ3v) is 6.76. The molecule has 0 bridgehead atoms. The molecule has 0 saturated carbocycles. The molecule has 0 fully saturated rings. The van der Waals surface area contributed by atoms with Gasteiger partial charge in [0.05, 0.1) is 28.0 Å². The number of hydrogen-bond acceptors (Lipinski definition) is 3. The number of amides is 1. The van der Waals surface area contributed by atoms with Crippen molar-refractivity contribution in [3.8, 4) is 0 Å². The summed E-state index contributed by atoms with van der Waals surface area (Å²) < 4.78 is 25.9. The summed E-state index contributed by atoms with van der Waals surface area (Å²) in [6.45, 7) is 1.53. The number of benzene rings is 3. The van der Waals surface area contributed by atoms with Gasteiger partial charge in [0, 0.05) is 0 Å². The summed E-state index contributed by atoms with van der Waals surface area (Å²) in [6, 6.07) is 21.5. The zero-order chi connectivity index (χ0) is 22.6. The first-order chi connectivity index (χ1) is 14.7. The van der Waals surface area contributed by atoms with E-state index in [1.54, 1.807) is 12.1 Å². The molecule has 0 aliphatic heterocycles. The number of carbonyl (C=O) groups excluding carboxylic acids is 1. The number of aryl methyl sites for hydroxylation is 1. The molecule has 0 saturated heterocycles. The van der Waals surface area contributed by atoms with E-state index in [9.17, 15) is 13.2 Å². The molecule has 31 heavy (non-hydrogen) atoms. The lowest BCUT2D eigenvalue weighted by Gasteiger charge is -2.26. The molecule has 1 atom stereocenters. The molecule has 162 valence electrons. The number of anilines is 1. The van der Waals surface area contributed by atoms with Gasteiger partial charge in [-0.2, -0.15) is 0 Å². The molecule has 3 aromatic rings. The second-order valence-corrected chi connectivity index (χ2v) is 9.80. The molecule has 0 aliphatic rings. The van der Waals surface area contributed by atoms with Crippen LogP contribution >= 0.6 is 23.2 Å². The van der Waals surface area contributed by atoms with Gasteiger partial charge in [0.1, 0.15) is 6.54 Å². The number of nitrogens with zero attached hydrogens (tertiary/aromatic N) is 1. The lowest BCUT2D eigenvalue weighted by molar-refractivity contribution is -0.120. The maximum Gasteiger partial charge on any atom is 0.241 e. The van der Waals surface area contributed by atoms with Gasteiger partial charge in [0.15, 0.2) is 0 Å².